The predicted octanol–water partition coefficient (Wildman–Crippen LogP) is 3.81. The van der Waals surface area contributed by atoms with Crippen LogP contribution >= 0.6 is 0 Å². The van der Waals surface area contributed by atoms with Crippen LogP contribution in [0.2, 0.25) is 0 Å². The van der Waals surface area contributed by atoms with Gasteiger partial charge in [-0.05, 0) is 67.7 Å². The van der Waals surface area contributed by atoms with Gasteiger partial charge in [0.25, 0.3) is 11.5 Å². The number of carbonyl (C=O) groups excluding carboxylic acids is 2. The molecule has 1 aliphatic carbocycles. The summed E-state index contributed by atoms with van der Waals surface area (Å²) in [7, 11) is 0. The fraction of sp³-hybridized carbons (Fsp3) is 0.222. The molecule has 1 unspecified atom stereocenters. The van der Waals surface area contributed by atoms with Crippen LogP contribution in [0.15, 0.2) is 59.4 Å². The van der Waals surface area contributed by atoms with E-state index in [0.29, 0.717) is 6.42 Å². The van der Waals surface area contributed by atoms with Gasteiger partial charge in [-0.1, -0.05) is 24.3 Å². The minimum atomic E-state index is -0.778. The Labute approximate surface area is 196 Å². The van der Waals surface area contributed by atoms with Gasteiger partial charge in [-0.2, -0.15) is 0 Å². The molecule has 0 saturated heterocycles. The first-order chi connectivity index (χ1) is 16.5. The van der Waals surface area contributed by atoms with E-state index < -0.39 is 11.5 Å². The SMILES string of the molecule is CCn1c2ccccc2c2cc(/C=C/C(=O)NC3CCCc4[nH]c(=O)c(C(N)=O)cc43)ccc21. The van der Waals surface area contributed by atoms with Crippen LogP contribution in [-0.4, -0.2) is 21.4 Å². The van der Waals surface area contributed by atoms with Crippen molar-refractivity contribution in [1.82, 2.24) is 14.9 Å². The van der Waals surface area contributed by atoms with E-state index in [1.165, 1.54) is 28.6 Å². The second kappa shape index (κ2) is 8.67. The maximum Gasteiger partial charge on any atom is 0.261 e. The zero-order chi connectivity index (χ0) is 23.8. The van der Waals surface area contributed by atoms with E-state index in [2.05, 4.69) is 46.1 Å². The number of aryl methyl sites for hydroxylation is 2. The van der Waals surface area contributed by atoms with Crippen molar-refractivity contribution in [1.29, 1.82) is 0 Å². The fourth-order valence-electron chi connectivity index (χ4n) is 4.98. The zero-order valence-corrected chi connectivity index (χ0v) is 18.9. The summed E-state index contributed by atoms with van der Waals surface area (Å²) in [6.45, 7) is 3.02. The van der Waals surface area contributed by atoms with Crippen LogP contribution in [0.3, 0.4) is 0 Å². The molecule has 0 fully saturated rings. The van der Waals surface area contributed by atoms with Gasteiger partial charge in [-0.15, -0.1) is 0 Å². The van der Waals surface area contributed by atoms with E-state index in [9.17, 15) is 14.4 Å². The lowest BCUT2D eigenvalue weighted by Gasteiger charge is -2.26. The summed E-state index contributed by atoms with van der Waals surface area (Å²) in [5.74, 6) is -1.01. The molecule has 2 aromatic carbocycles. The van der Waals surface area contributed by atoms with Gasteiger partial charge in [0.2, 0.25) is 5.91 Å². The summed E-state index contributed by atoms with van der Waals surface area (Å²) < 4.78 is 2.29. The fourth-order valence-corrected chi connectivity index (χ4v) is 4.98. The van der Waals surface area contributed by atoms with Crippen LogP contribution < -0.4 is 16.6 Å². The Bertz CT molecular complexity index is 1530. The Morgan fingerprint density at radius 2 is 1.94 bits per heavy atom. The predicted molar refractivity (Wildman–Crippen MR) is 134 cm³/mol. The third-order valence-corrected chi connectivity index (χ3v) is 6.57. The van der Waals surface area contributed by atoms with E-state index >= 15 is 0 Å². The zero-order valence-electron chi connectivity index (χ0n) is 18.9. The van der Waals surface area contributed by atoms with Gasteiger partial charge in [-0.3, -0.25) is 14.4 Å². The van der Waals surface area contributed by atoms with E-state index in [-0.39, 0.29) is 17.5 Å². The molecule has 1 aliphatic rings. The Morgan fingerprint density at radius 1 is 1.15 bits per heavy atom. The number of fused-ring (bicyclic) bond motifs is 4. The van der Waals surface area contributed by atoms with Crippen LogP contribution in [0.1, 0.15) is 53.0 Å². The molecule has 5 rings (SSSR count). The van der Waals surface area contributed by atoms with Crippen LogP contribution in [-0.2, 0) is 17.8 Å². The van der Waals surface area contributed by atoms with Gasteiger partial charge in [0.1, 0.15) is 5.56 Å². The largest absolute Gasteiger partial charge is 0.365 e. The second-order valence-corrected chi connectivity index (χ2v) is 8.64. The van der Waals surface area contributed by atoms with E-state index in [1.807, 2.05) is 18.2 Å². The van der Waals surface area contributed by atoms with Gasteiger partial charge in [-0.25, -0.2) is 0 Å². The number of rotatable bonds is 5. The second-order valence-electron chi connectivity index (χ2n) is 8.64. The number of nitrogens with zero attached hydrogens (tertiary/aromatic N) is 1. The van der Waals surface area contributed by atoms with Crippen molar-refractivity contribution in [3.8, 4) is 0 Å². The molecule has 0 radical (unpaired) electrons. The lowest BCUT2D eigenvalue weighted by atomic mass is 9.90. The number of primary amides is 1. The van der Waals surface area contributed by atoms with Crippen molar-refractivity contribution in [2.45, 2.75) is 38.8 Å². The highest BCUT2D eigenvalue weighted by molar-refractivity contribution is 6.08. The molecule has 0 aliphatic heterocycles. The minimum absolute atomic E-state index is 0.0880. The van der Waals surface area contributed by atoms with Crippen molar-refractivity contribution >= 4 is 39.7 Å². The molecule has 4 N–H and O–H groups in total. The first kappa shape index (κ1) is 21.7. The average Bonchev–Trinajstić information content (AvgIpc) is 3.15. The molecule has 172 valence electrons. The Balaban J connectivity index is 1.40. The minimum Gasteiger partial charge on any atom is -0.365 e. The molecule has 7 heteroatoms. The molecular formula is C27H26N4O3. The maximum atomic E-state index is 12.7. The quantitative estimate of drug-likeness (QED) is 0.399. The first-order valence-corrected chi connectivity index (χ1v) is 11.5. The van der Waals surface area contributed by atoms with Crippen molar-refractivity contribution in [3.05, 3.63) is 87.3 Å². The number of hydrogen-bond acceptors (Lipinski definition) is 3. The number of pyridine rings is 1. The summed E-state index contributed by atoms with van der Waals surface area (Å²) in [4.78, 5) is 39.1. The summed E-state index contributed by atoms with van der Waals surface area (Å²) in [6, 6.07) is 15.8. The molecule has 2 amide bonds. The molecule has 2 aromatic heterocycles. The maximum absolute atomic E-state index is 12.7. The normalized spacial score (nSPS) is 15.6. The highest BCUT2D eigenvalue weighted by Crippen LogP contribution is 2.30. The molecule has 34 heavy (non-hydrogen) atoms. The molecule has 0 saturated carbocycles. The molecule has 7 nitrogen and oxygen atoms in total. The van der Waals surface area contributed by atoms with E-state index in [4.69, 9.17) is 5.73 Å². The third kappa shape index (κ3) is 3.79. The number of aromatic amines is 1. The topological polar surface area (TPSA) is 110 Å². The van der Waals surface area contributed by atoms with Crippen molar-refractivity contribution in [3.63, 3.8) is 0 Å². The molecular weight excluding hydrogens is 428 g/mol. The van der Waals surface area contributed by atoms with Gasteiger partial charge >= 0.3 is 0 Å². The van der Waals surface area contributed by atoms with E-state index in [1.54, 1.807) is 6.08 Å². The lowest BCUT2D eigenvalue weighted by molar-refractivity contribution is -0.117. The smallest absolute Gasteiger partial charge is 0.261 e. The number of para-hydroxylation sites is 1. The molecule has 4 aromatic rings. The van der Waals surface area contributed by atoms with Crippen molar-refractivity contribution in [2.75, 3.05) is 0 Å². The average molecular weight is 455 g/mol. The molecule has 0 spiro atoms. The number of carbonyl (C=O) groups is 2. The lowest BCUT2D eigenvalue weighted by Crippen LogP contribution is -2.33. The Morgan fingerprint density at radius 3 is 2.74 bits per heavy atom. The molecule has 0 bridgehead atoms. The Hall–Kier alpha value is -4.13. The summed E-state index contributed by atoms with van der Waals surface area (Å²) in [6.07, 6.45) is 5.57. The van der Waals surface area contributed by atoms with Crippen LogP contribution in [0, 0.1) is 0 Å². The summed E-state index contributed by atoms with van der Waals surface area (Å²) >= 11 is 0. The van der Waals surface area contributed by atoms with Crippen molar-refractivity contribution < 1.29 is 9.59 Å². The number of benzene rings is 2. The standard InChI is InChI=1S/C27H26N4O3/c1-2-31-23-9-4-3-6-17(23)18-14-16(10-12-24(18)31)11-13-25(32)29-21-7-5-8-22-19(21)15-20(26(28)33)27(34)30-22/h3-4,6,9-15,21H,2,5,7-8H2,1H3,(H2,28,33)(H,29,32)(H,30,34)/b13-11+. The number of hydrogen-bond donors (Lipinski definition) is 3. The summed E-state index contributed by atoms with van der Waals surface area (Å²) in [5.41, 5.74) is 9.55. The van der Waals surface area contributed by atoms with Gasteiger partial charge < -0.3 is 20.6 Å². The van der Waals surface area contributed by atoms with E-state index in [0.717, 1.165) is 41.6 Å². The van der Waals surface area contributed by atoms with Gasteiger partial charge in [0, 0.05) is 40.1 Å². The Kier molecular flexibility index (Phi) is 5.53. The third-order valence-electron chi connectivity index (χ3n) is 6.57. The number of nitrogens with two attached hydrogens (primary N) is 1. The van der Waals surface area contributed by atoms with Crippen molar-refractivity contribution in [2.24, 2.45) is 5.73 Å². The number of amides is 2. The molecule has 2 heterocycles. The number of aromatic nitrogens is 2. The van der Waals surface area contributed by atoms with Crippen LogP contribution in [0.4, 0.5) is 0 Å². The van der Waals surface area contributed by atoms with Gasteiger partial charge in [0.15, 0.2) is 0 Å². The monoisotopic (exact) mass is 454 g/mol. The molecule has 1 atom stereocenters. The number of nitrogens with one attached hydrogen (secondary N) is 2. The highest BCUT2D eigenvalue weighted by Gasteiger charge is 2.24. The number of H-pyrrole nitrogens is 1. The van der Waals surface area contributed by atoms with Crippen LogP contribution in [0.5, 0.6) is 0 Å². The van der Waals surface area contributed by atoms with Crippen LogP contribution in [0.25, 0.3) is 27.9 Å². The summed E-state index contributed by atoms with van der Waals surface area (Å²) in [5, 5.41) is 5.36. The van der Waals surface area contributed by atoms with Gasteiger partial charge in [0.05, 0.1) is 6.04 Å². The first-order valence-electron chi connectivity index (χ1n) is 11.5. The highest BCUT2D eigenvalue weighted by atomic mass is 16.2.